The van der Waals surface area contributed by atoms with Gasteiger partial charge in [0.05, 0.1) is 13.2 Å². The van der Waals surface area contributed by atoms with Crippen molar-refractivity contribution in [2.24, 2.45) is 0 Å². The van der Waals surface area contributed by atoms with Crippen molar-refractivity contribution < 1.29 is 15.0 Å². The van der Waals surface area contributed by atoms with Crippen LogP contribution in [0, 0.1) is 0 Å². The summed E-state index contributed by atoms with van der Waals surface area (Å²) in [5.74, 6) is 0.548. The number of nitrogens with one attached hydrogen (secondary N) is 1. The number of carbonyl (C=O) groups is 1. The first kappa shape index (κ1) is 19.2. The maximum atomic E-state index is 12.3. The minimum Gasteiger partial charge on any atom is -0.392 e. The van der Waals surface area contributed by atoms with Crippen LogP contribution in [-0.4, -0.2) is 16.1 Å². The Bertz CT molecular complexity index is 708. The van der Waals surface area contributed by atoms with E-state index in [0.717, 1.165) is 5.56 Å². The Hall–Kier alpha value is -2.17. The number of hydrogen-bond acceptors (Lipinski definition) is 3. The first-order valence-electron chi connectivity index (χ1n) is 8.67. The highest BCUT2D eigenvalue weighted by Gasteiger charge is 2.13. The second-order valence-electron chi connectivity index (χ2n) is 6.77. The molecular weight excluding hydrogens is 314 g/mol. The lowest BCUT2D eigenvalue weighted by Gasteiger charge is -2.14. The molecule has 0 spiro atoms. The van der Waals surface area contributed by atoms with E-state index in [1.54, 1.807) is 18.2 Å². The van der Waals surface area contributed by atoms with Crippen LogP contribution in [0.5, 0.6) is 0 Å². The summed E-state index contributed by atoms with van der Waals surface area (Å²) in [4.78, 5) is 12.3. The molecule has 0 radical (unpaired) electrons. The van der Waals surface area contributed by atoms with Crippen molar-refractivity contribution in [2.75, 3.05) is 5.32 Å². The molecule has 1 atom stereocenters. The second-order valence-corrected chi connectivity index (χ2v) is 6.77. The van der Waals surface area contributed by atoms with Gasteiger partial charge in [0.25, 0.3) is 0 Å². The average Bonchev–Trinajstić information content (AvgIpc) is 2.61. The number of benzene rings is 2. The van der Waals surface area contributed by atoms with Gasteiger partial charge in [-0.2, -0.15) is 0 Å². The van der Waals surface area contributed by atoms with E-state index in [0.29, 0.717) is 29.2 Å². The monoisotopic (exact) mass is 341 g/mol. The molecular formula is C21H27NO3. The van der Waals surface area contributed by atoms with E-state index in [-0.39, 0.29) is 25.0 Å². The summed E-state index contributed by atoms with van der Waals surface area (Å²) in [7, 11) is 0. The van der Waals surface area contributed by atoms with Crippen LogP contribution in [-0.2, 0) is 18.0 Å². The van der Waals surface area contributed by atoms with E-state index in [4.69, 9.17) is 0 Å². The van der Waals surface area contributed by atoms with Crippen LogP contribution < -0.4 is 5.32 Å². The topological polar surface area (TPSA) is 69.6 Å². The fraction of sp³-hybridized carbons (Fsp3) is 0.381. The number of rotatable bonds is 7. The van der Waals surface area contributed by atoms with Crippen molar-refractivity contribution in [1.82, 2.24) is 0 Å². The molecule has 1 amide bonds. The van der Waals surface area contributed by atoms with Gasteiger partial charge in [0.2, 0.25) is 5.91 Å². The van der Waals surface area contributed by atoms with Gasteiger partial charge >= 0.3 is 0 Å². The molecule has 2 rings (SSSR count). The van der Waals surface area contributed by atoms with Crippen LogP contribution in [0.1, 0.15) is 61.3 Å². The van der Waals surface area contributed by atoms with Gasteiger partial charge < -0.3 is 15.5 Å². The first-order valence-corrected chi connectivity index (χ1v) is 8.67. The predicted octanol–water partition coefficient (Wildman–Crippen LogP) is 3.93. The minimum atomic E-state index is -0.168. The molecule has 0 saturated carbocycles. The molecule has 2 aromatic rings. The molecule has 0 aliphatic carbocycles. The van der Waals surface area contributed by atoms with E-state index in [2.05, 4.69) is 43.4 Å². The second kappa shape index (κ2) is 8.79. The van der Waals surface area contributed by atoms with E-state index in [9.17, 15) is 15.0 Å². The van der Waals surface area contributed by atoms with Crippen LogP contribution in [0.4, 0.5) is 5.69 Å². The predicted molar refractivity (Wildman–Crippen MR) is 100 cm³/mol. The summed E-state index contributed by atoms with van der Waals surface area (Å²) >= 11 is 0. The summed E-state index contributed by atoms with van der Waals surface area (Å²) in [6, 6.07) is 13.6. The largest absolute Gasteiger partial charge is 0.392 e. The number of hydrogen-bond donors (Lipinski definition) is 3. The first-order chi connectivity index (χ1) is 11.9. The van der Waals surface area contributed by atoms with E-state index >= 15 is 0 Å². The normalized spacial score (nSPS) is 12.2. The number of amides is 1. The zero-order valence-corrected chi connectivity index (χ0v) is 15.1. The fourth-order valence-electron chi connectivity index (χ4n) is 2.82. The van der Waals surface area contributed by atoms with Gasteiger partial charge in [0, 0.05) is 12.1 Å². The Labute approximate surface area is 149 Å². The maximum absolute atomic E-state index is 12.3. The third kappa shape index (κ3) is 5.15. The molecule has 25 heavy (non-hydrogen) atoms. The number of carbonyl (C=O) groups excluding carboxylic acids is 1. The standard InChI is InChI=1S/C21H27NO3/c1-14(2)16-4-6-17(7-5-16)15(3)10-21(25)22-20-9-8-18(12-23)19(11-20)13-24/h4-9,11,14-15,23-24H,10,12-13H2,1-3H3,(H,22,25). The van der Waals surface area contributed by atoms with Gasteiger partial charge in [0.15, 0.2) is 0 Å². The lowest BCUT2D eigenvalue weighted by atomic mass is 9.94. The van der Waals surface area contributed by atoms with Crippen LogP contribution in [0.3, 0.4) is 0 Å². The van der Waals surface area contributed by atoms with Crippen LogP contribution in [0.25, 0.3) is 0 Å². The summed E-state index contributed by atoms with van der Waals surface area (Å²) < 4.78 is 0. The lowest BCUT2D eigenvalue weighted by Crippen LogP contribution is -2.15. The molecule has 4 heteroatoms. The molecule has 0 bridgehead atoms. The zero-order chi connectivity index (χ0) is 18.4. The molecule has 0 fully saturated rings. The average molecular weight is 341 g/mol. The van der Waals surface area contributed by atoms with Crippen molar-refractivity contribution in [3.8, 4) is 0 Å². The summed E-state index contributed by atoms with van der Waals surface area (Å²) in [5, 5.41) is 21.4. The van der Waals surface area contributed by atoms with Gasteiger partial charge in [-0.1, -0.05) is 51.1 Å². The van der Waals surface area contributed by atoms with Crippen molar-refractivity contribution in [1.29, 1.82) is 0 Å². The lowest BCUT2D eigenvalue weighted by molar-refractivity contribution is -0.116. The highest BCUT2D eigenvalue weighted by Crippen LogP contribution is 2.23. The summed E-state index contributed by atoms with van der Waals surface area (Å²) in [6.45, 7) is 6.06. The Morgan fingerprint density at radius 2 is 1.52 bits per heavy atom. The van der Waals surface area contributed by atoms with Crippen molar-refractivity contribution in [2.45, 2.75) is 52.2 Å². The molecule has 0 aliphatic heterocycles. The quantitative estimate of drug-likeness (QED) is 0.715. The molecule has 0 heterocycles. The van der Waals surface area contributed by atoms with Crippen molar-refractivity contribution >= 4 is 11.6 Å². The number of anilines is 1. The third-order valence-electron chi connectivity index (χ3n) is 4.49. The molecule has 4 nitrogen and oxygen atoms in total. The van der Waals surface area contributed by atoms with Gasteiger partial charge in [-0.3, -0.25) is 4.79 Å². The maximum Gasteiger partial charge on any atom is 0.224 e. The van der Waals surface area contributed by atoms with Crippen LogP contribution >= 0.6 is 0 Å². The van der Waals surface area contributed by atoms with Gasteiger partial charge in [-0.05, 0) is 46.2 Å². The molecule has 134 valence electrons. The van der Waals surface area contributed by atoms with E-state index in [1.807, 2.05) is 6.92 Å². The highest BCUT2D eigenvalue weighted by atomic mass is 16.3. The Morgan fingerprint density at radius 3 is 2.08 bits per heavy atom. The number of aliphatic hydroxyl groups excluding tert-OH is 2. The van der Waals surface area contributed by atoms with E-state index < -0.39 is 0 Å². The third-order valence-corrected chi connectivity index (χ3v) is 4.49. The molecule has 2 aromatic carbocycles. The minimum absolute atomic E-state index is 0.0684. The SMILES string of the molecule is CC(C)c1ccc(C(C)CC(=O)Nc2ccc(CO)c(CO)c2)cc1. The molecule has 1 unspecified atom stereocenters. The van der Waals surface area contributed by atoms with Crippen molar-refractivity contribution in [3.05, 3.63) is 64.7 Å². The summed E-state index contributed by atoms with van der Waals surface area (Å²) in [5.41, 5.74) is 4.36. The smallest absolute Gasteiger partial charge is 0.224 e. The summed E-state index contributed by atoms with van der Waals surface area (Å²) in [6.07, 6.45) is 0.386. The van der Waals surface area contributed by atoms with Gasteiger partial charge in [0.1, 0.15) is 0 Å². The zero-order valence-electron chi connectivity index (χ0n) is 15.1. The highest BCUT2D eigenvalue weighted by molar-refractivity contribution is 5.91. The van der Waals surface area contributed by atoms with Gasteiger partial charge in [-0.15, -0.1) is 0 Å². The molecule has 0 saturated heterocycles. The molecule has 3 N–H and O–H groups in total. The van der Waals surface area contributed by atoms with E-state index in [1.165, 1.54) is 5.56 Å². The van der Waals surface area contributed by atoms with Crippen LogP contribution in [0.15, 0.2) is 42.5 Å². The van der Waals surface area contributed by atoms with Gasteiger partial charge in [-0.25, -0.2) is 0 Å². The Kier molecular flexibility index (Phi) is 6.73. The Balaban J connectivity index is 1.99. The number of aliphatic hydroxyl groups is 2. The van der Waals surface area contributed by atoms with Crippen LogP contribution in [0.2, 0.25) is 0 Å². The molecule has 0 aliphatic rings. The molecule has 0 aromatic heterocycles. The Morgan fingerprint density at radius 1 is 0.920 bits per heavy atom. The van der Waals surface area contributed by atoms with Crippen molar-refractivity contribution in [3.63, 3.8) is 0 Å². The fourth-order valence-corrected chi connectivity index (χ4v) is 2.82.